The molecule has 1 aromatic rings. The number of benzene rings is 1. The molecule has 0 saturated carbocycles. The van der Waals surface area contributed by atoms with Crippen LogP contribution in [0.5, 0.6) is 5.75 Å². The summed E-state index contributed by atoms with van der Waals surface area (Å²) in [5, 5.41) is 10.4. The average Bonchev–Trinajstić information content (AvgIpc) is 2.35. The monoisotopic (exact) mass is 305 g/mol. The van der Waals surface area contributed by atoms with Gasteiger partial charge in [-0.2, -0.15) is 0 Å². The largest absolute Gasteiger partial charge is 0.492 e. The molecule has 0 aliphatic heterocycles. The van der Waals surface area contributed by atoms with Crippen molar-refractivity contribution in [3.63, 3.8) is 0 Å². The Morgan fingerprint density at radius 3 is 2.58 bits per heavy atom. The van der Waals surface area contributed by atoms with Crippen LogP contribution < -0.4 is 10.5 Å². The van der Waals surface area contributed by atoms with Crippen LogP contribution in [0.1, 0.15) is 19.4 Å². The van der Waals surface area contributed by atoms with Crippen LogP contribution in [0.15, 0.2) is 12.1 Å². The molecule has 0 radical (unpaired) electrons. The van der Waals surface area contributed by atoms with Crippen LogP contribution >= 0.6 is 23.2 Å². The van der Waals surface area contributed by atoms with E-state index in [1.54, 1.807) is 6.07 Å². The third-order valence-electron chi connectivity index (χ3n) is 3.26. The van der Waals surface area contributed by atoms with Crippen molar-refractivity contribution in [2.24, 2.45) is 17.6 Å². The van der Waals surface area contributed by atoms with Gasteiger partial charge in [-0.15, -0.1) is 0 Å². The Hall–Kier alpha value is -0.480. The molecule has 0 amide bonds. The maximum Gasteiger partial charge on any atom is 0.141 e. The number of aliphatic hydroxyl groups excluding tert-OH is 1. The first kappa shape index (κ1) is 16.6. The summed E-state index contributed by atoms with van der Waals surface area (Å²) < 4.78 is 5.59. The van der Waals surface area contributed by atoms with E-state index in [-0.39, 0.29) is 18.4 Å². The highest BCUT2D eigenvalue weighted by molar-refractivity contribution is 6.35. The van der Waals surface area contributed by atoms with Gasteiger partial charge in [0.1, 0.15) is 5.75 Å². The minimum Gasteiger partial charge on any atom is -0.492 e. The maximum atomic E-state index is 9.29. The molecule has 0 aliphatic rings. The number of hydrogen-bond acceptors (Lipinski definition) is 3. The van der Waals surface area contributed by atoms with Gasteiger partial charge >= 0.3 is 0 Å². The SMILES string of the molecule is CCOc1c(Cl)cc(Cl)cc1CC(C)C(CN)CO. The predicted octanol–water partition coefficient (Wildman–Crippen LogP) is 3.14. The Labute approximate surface area is 124 Å². The van der Waals surface area contributed by atoms with E-state index in [9.17, 15) is 5.11 Å². The van der Waals surface area contributed by atoms with Crippen molar-refractivity contribution in [1.29, 1.82) is 0 Å². The van der Waals surface area contributed by atoms with E-state index < -0.39 is 0 Å². The smallest absolute Gasteiger partial charge is 0.141 e. The van der Waals surface area contributed by atoms with Crippen molar-refractivity contribution < 1.29 is 9.84 Å². The Kier molecular flexibility index (Phi) is 6.94. The molecule has 0 fully saturated rings. The molecule has 0 bridgehead atoms. The summed E-state index contributed by atoms with van der Waals surface area (Å²) in [6.45, 7) is 5.04. The summed E-state index contributed by atoms with van der Waals surface area (Å²) in [5.74, 6) is 0.963. The molecule has 0 aliphatic carbocycles. The molecule has 0 saturated heterocycles. The normalized spacial score (nSPS) is 14.2. The van der Waals surface area contributed by atoms with Crippen LogP contribution in [-0.4, -0.2) is 24.9 Å². The lowest BCUT2D eigenvalue weighted by molar-refractivity contribution is 0.186. The molecular formula is C14H21Cl2NO2. The van der Waals surface area contributed by atoms with Crippen molar-refractivity contribution >= 4 is 23.2 Å². The number of nitrogens with two attached hydrogens (primary N) is 1. The maximum absolute atomic E-state index is 9.29. The lowest BCUT2D eigenvalue weighted by Crippen LogP contribution is -2.26. The first-order chi connectivity index (χ1) is 9.03. The fourth-order valence-corrected chi connectivity index (χ4v) is 2.66. The van der Waals surface area contributed by atoms with Crippen molar-refractivity contribution in [2.45, 2.75) is 20.3 Å². The van der Waals surface area contributed by atoms with Gasteiger partial charge in [0.15, 0.2) is 0 Å². The summed E-state index contributed by atoms with van der Waals surface area (Å²) in [7, 11) is 0. The van der Waals surface area contributed by atoms with E-state index in [2.05, 4.69) is 6.92 Å². The molecule has 0 aromatic heterocycles. The first-order valence-corrected chi connectivity index (χ1v) is 7.20. The Morgan fingerprint density at radius 2 is 2.05 bits per heavy atom. The zero-order chi connectivity index (χ0) is 14.4. The predicted molar refractivity (Wildman–Crippen MR) is 80.1 cm³/mol. The van der Waals surface area contributed by atoms with E-state index in [0.717, 1.165) is 12.0 Å². The Bertz CT molecular complexity index is 409. The fourth-order valence-electron chi connectivity index (χ4n) is 2.07. The van der Waals surface area contributed by atoms with Crippen LogP contribution in [0.25, 0.3) is 0 Å². The van der Waals surface area contributed by atoms with Gasteiger partial charge in [-0.3, -0.25) is 0 Å². The third kappa shape index (κ3) is 4.53. The third-order valence-corrected chi connectivity index (χ3v) is 3.76. The van der Waals surface area contributed by atoms with E-state index in [4.69, 9.17) is 33.7 Å². The molecule has 0 spiro atoms. The Morgan fingerprint density at radius 1 is 1.37 bits per heavy atom. The van der Waals surface area contributed by atoms with Crippen LogP contribution in [-0.2, 0) is 6.42 Å². The van der Waals surface area contributed by atoms with Gasteiger partial charge in [0.2, 0.25) is 0 Å². The second-order valence-corrected chi connectivity index (χ2v) is 5.51. The molecule has 19 heavy (non-hydrogen) atoms. The summed E-state index contributed by atoms with van der Waals surface area (Å²) in [4.78, 5) is 0. The van der Waals surface area contributed by atoms with Gasteiger partial charge in [0.25, 0.3) is 0 Å². The molecule has 3 nitrogen and oxygen atoms in total. The highest BCUT2D eigenvalue weighted by atomic mass is 35.5. The summed E-state index contributed by atoms with van der Waals surface area (Å²) in [6, 6.07) is 3.54. The second kappa shape index (κ2) is 7.95. The molecule has 108 valence electrons. The van der Waals surface area contributed by atoms with Crippen molar-refractivity contribution in [3.05, 3.63) is 27.7 Å². The van der Waals surface area contributed by atoms with E-state index in [0.29, 0.717) is 28.9 Å². The molecule has 5 heteroatoms. The van der Waals surface area contributed by atoms with Gasteiger partial charge in [0, 0.05) is 11.6 Å². The molecule has 3 N–H and O–H groups in total. The molecule has 1 aromatic carbocycles. The molecular weight excluding hydrogens is 285 g/mol. The first-order valence-electron chi connectivity index (χ1n) is 6.45. The number of ether oxygens (including phenoxy) is 1. The van der Waals surface area contributed by atoms with Gasteiger partial charge in [-0.1, -0.05) is 30.1 Å². The number of rotatable bonds is 7. The number of aliphatic hydroxyl groups is 1. The number of halogens is 2. The quantitative estimate of drug-likeness (QED) is 0.813. The fraction of sp³-hybridized carbons (Fsp3) is 0.571. The van der Waals surface area contributed by atoms with Crippen molar-refractivity contribution in [1.82, 2.24) is 0 Å². The topological polar surface area (TPSA) is 55.5 Å². The molecule has 0 heterocycles. The average molecular weight is 306 g/mol. The minimum absolute atomic E-state index is 0.0623. The van der Waals surface area contributed by atoms with E-state index in [1.165, 1.54) is 0 Å². The highest BCUT2D eigenvalue weighted by Crippen LogP contribution is 2.34. The van der Waals surface area contributed by atoms with Crippen molar-refractivity contribution in [2.75, 3.05) is 19.8 Å². The van der Waals surface area contributed by atoms with Crippen LogP contribution in [0, 0.1) is 11.8 Å². The lowest BCUT2D eigenvalue weighted by Gasteiger charge is -2.22. The number of hydrogen-bond donors (Lipinski definition) is 2. The Balaban J connectivity index is 2.98. The van der Waals surface area contributed by atoms with Crippen LogP contribution in [0.4, 0.5) is 0 Å². The standard InChI is InChI=1S/C14H21Cl2NO2/c1-3-19-14-10(5-12(15)6-13(14)16)4-9(2)11(7-17)8-18/h5-6,9,11,18H,3-4,7-8,17H2,1-2H3. The summed E-state index contributed by atoms with van der Waals surface area (Å²) in [6.07, 6.45) is 0.720. The minimum atomic E-state index is 0.0623. The van der Waals surface area contributed by atoms with Gasteiger partial charge in [0.05, 0.1) is 11.6 Å². The van der Waals surface area contributed by atoms with E-state index >= 15 is 0 Å². The zero-order valence-corrected chi connectivity index (χ0v) is 12.8. The second-order valence-electron chi connectivity index (χ2n) is 4.67. The van der Waals surface area contributed by atoms with E-state index in [1.807, 2.05) is 13.0 Å². The molecule has 2 atom stereocenters. The summed E-state index contributed by atoms with van der Waals surface area (Å²) in [5.41, 5.74) is 6.61. The zero-order valence-electron chi connectivity index (χ0n) is 11.3. The molecule has 1 rings (SSSR count). The highest BCUT2D eigenvalue weighted by Gasteiger charge is 2.19. The van der Waals surface area contributed by atoms with Crippen LogP contribution in [0.2, 0.25) is 10.0 Å². The van der Waals surface area contributed by atoms with Gasteiger partial charge < -0.3 is 15.6 Å². The van der Waals surface area contributed by atoms with Crippen molar-refractivity contribution in [3.8, 4) is 5.75 Å². The van der Waals surface area contributed by atoms with Crippen LogP contribution in [0.3, 0.4) is 0 Å². The summed E-state index contributed by atoms with van der Waals surface area (Å²) >= 11 is 12.2. The molecule has 2 unspecified atom stereocenters. The van der Waals surface area contributed by atoms with Gasteiger partial charge in [-0.05, 0) is 49.4 Å². The lowest BCUT2D eigenvalue weighted by atomic mass is 9.88. The van der Waals surface area contributed by atoms with Gasteiger partial charge in [-0.25, -0.2) is 0 Å².